The van der Waals surface area contributed by atoms with Crippen LogP contribution in [-0.2, 0) is 17.0 Å². The molecule has 3 heterocycles. The van der Waals surface area contributed by atoms with Crippen LogP contribution in [0.1, 0.15) is 24.3 Å². The van der Waals surface area contributed by atoms with Gasteiger partial charge in [0.1, 0.15) is 11.5 Å². The molecule has 2 aromatic carbocycles. The molecule has 1 aromatic heterocycles. The molecule has 3 aromatic rings. The molecule has 2 aliphatic heterocycles. The maximum Gasteiger partial charge on any atom is 0.222 e. The summed E-state index contributed by atoms with van der Waals surface area (Å²) in [4.78, 5) is 18.9. The highest BCUT2D eigenvalue weighted by atomic mass is 32.2. The first-order chi connectivity index (χ1) is 18.2. The van der Waals surface area contributed by atoms with Gasteiger partial charge in [0.2, 0.25) is 5.91 Å². The fraction of sp³-hybridized carbons (Fsp3) is 0.448. The predicted molar refractivity (Wildman–Crippen MR) is 147 cm³/mol. The van der Waals surface area contributed by atoms with Crippen molar-refractivity contribution in [3.63, 3.8) is 0 Å². The van der Waals surface area contributed by atoms with Crippen LogP contribution in [0.2, 0.25) is 0 Å². The first kappa shape index (κ1) is 25.7. The van der Waals surface area contributed by atoms with E-state index in [-0.39, 0.29) is 5.91 Å². The van der Waals surface area contributed by atoms with Gasteiger partial charge in [-0.15, -0.1) is 11.8 Å². The van der Waals surface area contributed by atoms with Crippen molar-refractivity contribution < 1.29 is 14.1 Å². The monoisotopic (exact) mass is 520 g/mol. The van der Waals surface area contributed by atoms with Crippen molar-refractivity contribution in [3.8, 4) is 5.75 Å². The van der Waals surface area contributed by atoms with Crippen molar-refractivity contribution in [2.75, 3.05) is 51.3 Å². The SMILES string of the molecule is COc1ccccc1N1CCN(C(=O)C[C@H]2CCNC[C@@H]2Cc2cc(CSc3ccccc3)on2)CC1. The number of piperazine rings is 1. The summed E-state index contributed by atoms with van der Waals surface area (Å²) in [7, 11) is 1.71. The third-order valence-corrected chi connectivity index (χ3v) is 8.50. The van der Waals surface area contributed by atoms with Gasteiger partial charge in [0.05, 0.1) is 24.2 Å². The van der Waals surface area contributed by atoms with Gasteiger partial charge in [-0.3, -0.25) is 4.79 Å². The number of rotatable bonds is 9. The largest absolute Gasteiger partial charge is 0.495 e. The number of anilines is 1. The average molecular weight is 521 g/mol. The van der Waals surface area contributed by atoms with Crippen LogP contribution in [0.25, 0.3) is 0 Å². The van der Waals surface area contributed by atoms with E-state index in [9.17, 15) is 4.79 Å². The molecule has 2 fully saturated rings. The van der Waals surface area contributed by atoms with Crippen LogP contribution in [0.15, 0.2) is 70.1 Å². The number of hydrogen-bond donors (Lipinski definition) is 1. The Kier molecular flexibility index (Phi) is 8.68. The highest BCUT2D eigenvalue weighted by Gasteiger charge is 2.31. The van der Waals surface area contributed by atoms with Crippen LogP contribution in [0, 0.1) is 11.8 Å². The first-order valence-electron chi connectivity index (χ1n) is 13.2. The Morgan fingerprint density at radius 1 is 1.08 bits per heavy atom. The first-order valence-corrected chi connectivity index (χ1v) is 14.2. The molecule has 7 nitrogen and oxygen atoms in total. The summed E-state index contributed by atoms with van der Waals surface area (Å²) in [5.41, 5.74) is 2.09. The Bertz CT molecular complexity index is 1150. The number of thioether (sulfide) groups is 1. The van der Waals surface area contributed by atoms with Crippen LogP contribution in [-0.4, -0.2) is 62.3 Å². The van der Waals surface area contributed by atoms with Gasteiger partial charge < -0.3 is 24.4 Å². The van der Waals surface area contributed by atoms with E-state index in [4.69, 9.17) is 9.26 Å². The number of nitrogens with zero attached hydrogens (tertiary/aromatic N) is 3. The Morgan fingerprint density at radius 2 is 1.86 bits per heavy atom. The zero-order valence-electron chi connectivity index (χ0n) is 21.5. The summed E-state index contributed by atoms with van der Waals surface area (Å²) in [6.07, 6.45) is 2.47. The van der Waals surface area contributed by atoms with Gasteiger partial charge in [0, 0.05) is 43.6 Å². The second-order valence-electron chi connectivity index (χ2n) is 9.85. The zero-order valence-corrected chi connectivity index (χ0v) is 22.3. The Hall–Kier alpha value is -2.97. The van der Waals surface area contributed by atoms with Gasteiger partial charge in [-0.05, 0) is 62.0 Å². The van der Waals surface area contributed by atoms with Crippen LogP contribution in [0.5, 0.6) is 5.75 Å². The number of carbonyl (C=O) groups is 1. The average Bonchev–Trinajstić information content (AvgIpc) is 3.41. The lowest BCUT2D eigenvalue weighted by atomic mass is 9.81. The number of piperidine rings is 1. The molecule has 2 saturated heterocycles. The van der Waals surface area contributed by atoms with Crippen molar-refractivity contribution in [1.82, 2.24) is 15.4 Å². The standard InChI is InChI=1S/C29H36N4O3S/c1-35-28-10-6-5-9-27(28)32-13-15-33(16-14-32)29(34)18-22-11-12-30-20-23(22)17-24-19-25(36-31-24)21-37-26-7-3-2-4-8-26/h2-10,19,22-23,30H,11-18,20-21H2,1H3/t22-,23+/m1/s1. The van der Waals surface area contributed by atoms with E-state index in [1.165, 1.54) is 4.90 Å². The number of amides is 1. The molecular formula is C29H36N4O3S. The number of nitrogens with one attached hydrogen (secondary N) is 1. The minimum absolute atomic E-state index is 0.275. The van der Waals surface area contributed by atoms with Gasteiger partial charge in [-0.1, -0.05) is 35.5 Å². The lowest BCUT2D eigenvalue weighted by molar-refractivity contribution is -0.133. The second-order valence-corrected chi connectivity index (χ2v) is 10.9. The molecule has 5 rings (SSSR count). The van der Waals surface area contributed by atoms with Crippen LogP contribution < -0.4 is 15.0 Å². The lowest BCUT2D eigenvalue weighted by Crippen LogP contribution is -2.50. The third kappa shape index (κ3) is 6.67. The molecule has 2 aliphatic rings. The molecule has 0 aliphatic carbocycles. The van der Waals surface area contributed by atoms with Crippen molar-refractivity contribution in [1.29, 1.82) is 0 Å². The molecule has 0 radical (unpaired) electrons. The van der Waals surface area contributed by atoms with E-state index in [2.05, 4.69) is 39.6 Å². The maximum absolute atomic E-state index is 13.3. The van der Waals surface area contributed by atoms with Crippen LogP contribution >= 0.6 is 11.8 Å². The Morgan fingerprint density at radius 3 is 2.68 bits per heavy atom. The quantitative estimate of drug-likeness (QED) is 0.417. The molecule has 196 valence electrons. The molecule has 2 atom stereocenters. The number of methoxy groups -OCH3 is 1. The molecule has 8 heteroatoms. The lowest BCUT2D eigenvalue weighted by Gasteiger charge is -2.38. The van der Waals surface area contributed by atoms with E-state index >= 15 is 0 Å². The molecule has 0 bridgehead atoms. The minimum atomic E-state index is 0.275. The van der Waals surface area contributed by atoms with E-state index in [0.29, 0.717) is 18.3 Å². The number of aromatic nitrogens is 1. The van der Waals surface area contributed by atoms with Gasteiger partial charge in [-0.2, -0.15) is 0 Å². The van der Waals surface area contributed by atoms with Gasteiger partial charge in [-0.25, -0.2) is 0 Å². The fourth-order valence-electron chi connectivity index (χ4n) is 5.39. The number of carbonyl (C=O) groups excluding carboxylic acids is 1. The molecule has 1 N–H and O–H groups in total. The van der Waals surface area contributed by atoms with Gasteiger partial charge in [0.25, 0.3) is 0 Å². The summed E-state index contributed by atoms with van der Waals surface area (Å²) in [5, 5.41) is 7.87. The number of para-hydroxylation sites is 2. The van der Waals surface area contributed by atoms with Crippen LogP contribution in [0.4, 0.5) is 5.69 Å². The molecule has 0 saturated carbocycles. The summed E-state index contributed by atoms with van der Waals surface area (Å²) < 4.78 is 11.2. The molecule has 0 unspecified atom stereocenters. The highest BCUT2D eigenvalue weighted by molar-refractivity contribution is 7.98. The van der Waals surface area contributed by atoms with Crippen molar-refractivity contribution in [2.24, 2.45) is 11.8 Å². The summed E-state index contributed by atoms with van der Waals surface area (Å²) in [5.74, 6) is 3.56. The van der Waals surface area contributed by atoms with E-state index in [0.717, 1.165) is 80.8 Å². The third-order valence-electron chi connectivity index (χ3n) is 7.46. The van der Waals surface area contributed by atoms with Crippen molar-refractivity contribution >= 4 is 23.4 Å². The van der Waals surface area contributed by atoms with Crippen molar-refractivity contribution in [2.45, 2.75) is 29.9 Å². The molecule has 1 amide bonds. The Balaban J connectivity index is 1.12. The summed E-state index contributed by atoms with van der Waals surface area (Å²) >= 11 is 1.75. The minimum Gasteiger partial charge on any atom is -0.495 e. The Labute approximate surface area is 223 Å². The van der Waals surface area contributed by atoms with Gasteiger partial charge >= 0.3 is 0 Å². The van der Waals surface area contributed by atoms with Crippen molar-refractivity contribution in [3.05, 3.63) is 72.1 Å². The summed E-state index contributed by atoms with van der Waals surface area (Å²) in [6, 6.07) is 20.5. The van der Waals surface area contributed by atoms with E-state index in [1.807, 2.05) is 41.3 Å². The van der Waals surface area contributed by atoms with Gasteiger partial charge in [0.15, 0.2) is 0 Å². The smallest absolute Gasteiger partial charge is 0.222 e. The molecular weight excluding hydrogens is 484 g/mol. The molecule has 37 heavy (non-hydrogen) atoms. The topological polar surface area (TPSA) is 70.8 Å². The number of hydrogen-bond acceptors (Lipinski definition) is 7. The fourth-order valence-corrected chi connectivity index (χ4v) is 6.18. The van der Waals surface area contributed by atoms with E-state index in [1.54, 1.807) is 18.9 Å². The molecule has 0 spiro atoms. The predicted octanol–water partition coefficient (Wildman–Crippen LogP) is 4.48. The second kappa shape index (κ2) is 12.5. The maximum atomic E-state index is 13.3. The van der Waals surface area contributed by atoms with Crippen LogP contribution in [0.3, 0.4) is 0 Å². The normalized spacial score (nSPS) is 20.1. The van der Waals surface area contributed by atoms with E-state index < -0.39 is 0 Å². The summed E-state index contributed by atoms with van der Waals surface area (Å²) in [6.45, 7) is 5.03. The number of benzene rings is 2. The zero-order chi connectivity index (χ0) is 25.5. The number of ether oxygens (including phenoxy) is 1. The highest BCUT2D eigenvalue weighted by Crippen LogP contribution is 2.30.